The highest BCUT2D eigenvalue weighted by Gasteiger charge is 2.06. The first-order valence-corrected chi connectivity index (χ1v) is 6.10. The molecular formula is C14H16FN3O2. The molecule has 0 bridgehead atoms. The molecular weight excluding hydrogens is 261 g/mol. The number of benzene rings is 1. The SMILES string of the molecule is COC(CNc1ncc(-c2ccc(F)cc2)cn1)OC. The number of methoxy groups -OCH3 is 2. The van der Waals surface area contributed by atoms with Gasteiger partial charge in [0.05, 0.1) is 6.54 Å². The van der Waals surface area contributed by atoms with Crippen molar-refractivity contribution in [2.24, 2.45) is 0 Å². The van der Waals surface area contributed by atoms with Gasteiger partial charge in [0.2, 0.25) is 5.95 Å². The van der Waals surface area contributed by atoms with Crippen molar-refractivity contribution in [1.29, 1.82) is 0 Å². The summed E-state index contributed by atoms with van der Waals surface area (Å²) < 4.78 is 22.9. The van der Waals surface area contributed by atoms with E-state index < -0.39 is 0 Å². The molecule has 0 aliphatic rings. The Kier molecular flexibility index (Phi) is 4.97. The number of nitrogens with one attached hydrogen (secondary N) is 1. The molecule has 0 spiro atoms. The van der Waals surface area contributed by atoms with Gasteiger partial charge in [-0.15, -0.1) is 0 Å². The maximum Gasteiger partial charge on any atom is 0.222 e. The van der Waals surface area contributed by atoms with E-state index in [9.17, 15) is 4.39 Å². The largest absolute Gasteiger partial charge is 0.354 e. The molecule has 6 heteroatoms. The molecule has 0 saturated heterocycles. The normalized spacial score (nSPS) is 10.8. The van der Waals surface area contributed by atoms with Crippen molar-refractivity contribution in [2.45, 2.75) is 6.29 Å². The zero-order valence-corrected chi connectivity index (χ0v) is 11.3. The monoisotopic (exact) mass is 277 g/mol. The third kappa shape index (κ3) is 3.72. The van der Waals surface area contributed by atoms with Crippen LogP contribution in [0.25, 0.3) is 11.1 Å². The van der Waals surface area contributed by atoms with Crippen LogP contribution in [0.3, 0.4) is 0 Å². The van der Waals surface area contributed by atoms with Crippen LogP contribution in [0.1, 0.15) is 0 Å². The summed E-state index contributed by atoms with van der Waals surface area (Å²) >= 11 is 0. The average molecular weight is 277 g/mol. The van der Waals surface area contributed by atoms with E-state index in [2.05, 4.69) is 15.3 Å². The molecule has 0 radical (unpaired) electrons. The van der Waals surface area contributed by atoms with E-state index in [0.717, 1.165) is 11.1 Å². The number of hydrogen-bond donors (Lipinski definition) is 1. The third-order valence-corrected chi connectivity index (χ3v) is 2.78. The zero-order valence-electron chi connectivity index (χ0n) is 11.3. The summed E-state index contributed by atoms with van der Waals surface area (Å²) in [5, 5.41) is 3.00. The van der Waals surface area contributed by atoms with Gasteiger partial charge in [-0.2, -0.15) is 0 Å². The highest BCUT2D eigenvalue weighted by atomic mass is 19.1. The molecule has 0 saturated carbocycles. The number of nitrogens with zero attached hydrogens (tertiary/aromatic N) is 2. The molecule has 0 fully saturated rings. The van der Waals surface area contributed by atoms with Crippen molar-refractivity contribution in [2.75, 3.05) is 26.1 Å². The Morgan fingerprint density at radius 1 is 1.05 bits per heavy atom. The molecule has 0 aliphatic carbocycles. The van der Waals surface area contributed by atoms with Gasteiger partial charge in [-0.05, 0) is 17.7 Å². The van der Waals surface area contributed by atoms with Crippen LogP contribution in [-0.4, -0.2) is 37.0 Å². The second kappa shape index (κ2) is 6.93. The van der Waals surface area contributed by atoms with Crippen molar-refractivity contribution in [3.05, 3.63) is 42.5 Å². The van der Waals surface area contributed by atoms with Crippen LogP contribution >= 0.6 is 0 Å². The van der Waals surface area contributed by atoms with Crippen molar-refractivity contribution >= 4 is 5.95 Å². The second-order valence-electron chi connectivity index (χ2n) is 4.08. The van der Waals surface area contributed by atoms with Gasteiger partial charge in [-0.25, -0.2) is 14.4 Å². The van der Waals surface area contributed by atoms with Crippen LogP contribution in [-0.2, 0) is 9.47 Å². The van der Waals surface area contributed by atoms with E-state index in [0.29, 0.717) is 12.5 Å². The van der Waals surface area contributed by atoms with Crippen molar-refractivity contribution in [3.8, 4) is 11.1 Å². The first-order chi connectivity index (χ1) is 9.72. The molecule has 20 heavy (non-hydrogen) atoms. The fourth-order valence-corrected chi connectivity index (χ4v) is 1.65. The fraction of sp³-hybridized carbons (Fsp3) is 0.286. The minimum atomic E-state index is -0.352. The van der Waals surface area contributed by atoms with E-state index in [1.165, 1.54) is 12.1 Å². The lowest BCUT2D eigenvalue weighted by Gasteiger charge is -2.13. The summed E-state index contributed by atoms with van der Waals surface area (Å²) in [5.41, 5.74) is 1.69. The van der Waals surface area contributed by atoms with E-state index in [1.54, 1.807) is 38.7 Å². The topological polar surface area (TPSA) is 56.3 Å². The minimum absolute atomic E-state index is 0.266. The predicted octanol–water partition coefficient (Wildman–Crippen LogP) is 2.31. The zero-order chi connectivity index (χ0) is 14.4. The molecule has 1 heterocycles. The van der Waals surface area contributed by atoms with Gasteiger partial charge in [-0.1, -0.05) is 12.1 Å². The quantitative estimate of drug-likeness (QED) is 0.821. The maximum atomic E-state index is 12.8. The molecule has 0 atom stereocenters. The van der Waals surface area contributed by atoms with Crippen LogP contribution in [0.15, 0.2) is 36.7 Å². The number of anilines is 1. The Bertz CT molecular complexity index is 527. The van der Waals surface area contributed by atoms with Crippen LogP contribution in [0.2, 0.25) is 0 Å². The summed E-state index contributed by atoms with van der Waals surface area (Å²) in [6.07, 6.45) is 3.00. The molecule has 106 valence electrons. The highest BCUT2D eigenvalue weighted by molar-refractivity contribution is 5.61. The molecule has 5 nitrogen and oxygen atoms in total. The summed E-state index contributed by atoms with van der Waals surface area (Å²) in [5.74, 6) is 0.216. The average Bonchev–Trinajstić information content (AvgIpc) is 2.50. The lowest BCUT2D eigenvalue weighted by molar-refractivity contribution is -0.0914. The summed E-state index contributed by atoms with van der Waals surface area (Å²) in [6.45, 7) is 0.447. The first-order valence-electron chi connectivity index (χ1n) is 6.10. The van der Waals surface area contributed by atoms with Crippen LogP contribution < -0.4 is 5.32 Å². The van der Waals surface area contributed by atoms with Gasteiger partial charge in [0.25, 0.3) is 0 Å². The molecule has 2 rings (SSSR count). The number of ether oxygens (including phenoxy) is 2. The lowest BCUT2D eigenvalue weighted by atomic mass is 10.1. The molecule has 1 N–H and O–H groups in total. The Hall–Kier alpha value is -2.05. The molecule has 0 aliphatic heterocycles. The minimum Gasteiger partial charge on any atom is -0.354 e. The van der Waals surface area contributed by atoms with Gasteiger partial charge in [0, 0.05) is 32.2 Å². The standard InChI is InChI=1S/C14H16FN3O2/c1-19-13(20-2)9-18-14-16-7-11(8-17-14)10-3-5-12(15)6-4-10/h3-8,13H,9H2,1-2H3,(H,16,17,18). The Balaban J connectivity index is 2.01. The van der Waals surface area contributed by atoms with Crippen LogP contribution in [0.5, 0.6) is 0 Å². The molecule has 0 amide bonds. The Labute approximate surface area is 116 Å². The first kappa shape index (κ1) is 14.4. The smallest absolute Gasteiger partial charge is 0.222 e. The second-order valence-corrected chi connectivity index (χ2v) is 4.08. The summed E-state index contributed by atoms with van der Waals surface area (Å²) in [6, 6.07) is 6.19. The van der Waals surface area contributed by atoms with Crippen LogP contribution in [0.4, 0.5) is 10.3 Å². The van der Waals surface area contributed by atoms with Crippen LogP contribution in [0, 0.1) is 5.82 Å². The van der Waals surface area contributed by atoms with Gasteiger partial charge < -0.3 is 14.8 Å². The molecule has 1 aromatic heterocycles. The summed E-state index contributed by atoms with van der Waals surface area (Å²) in [7, 11) is 3.13. The van der Waals surface area contributed by atoms with Crippen molar-refractivity contribution in [1.82, 2.24) is 9.97 Å². The maximum absolute atomic E-state index is 12.8. The molecule has 0 unspecified atom stereocenters. The number of halogens is 1. The van der Waals surface area contributed by atoms with E-state index >= 15 is 0 Å². The van der Waals surface area contributed by atoms with Gasteiger partial charge >= 0.3 is 0 Å². The van der Waals surface area contributed by atoms with Gasteiger partial charge in [0.1, 0.15) is 5.82 Å². The summed E-state index contributed by atoms with van der Waals surface area (Å²) in [4.78, 5) is 8.38. The van der Waals surface area contributed by atoms with Crippen molar-refractivity contribution < 1.29 is 13.9 Å². The third-order valence-electron chi connectivity index (χ3n) is 2.78. The van der Waals surface area contributed by atoms with E-state index in [-0.39, 0.29) is 12.1 Å². The van der Waals surface area contributed by atoms with Gasteiger partial charge in [-0.3, -0.25) is 0 Å². The number of rotatable bonds is 6. The fourth-order valence-electron chi connectivity index (χ4n) is 1.65. The Morgan fingerprint density at radius 3 is 2.20 bits per heavy atom. The highest BCUT2D eigenvalue weighted by Crippen LogP contribution is 2.18. The van der Waals surface area contributed by atoms with E-state index in [4.69, 9.17) is 9.47 Å². The lowest BCUT2D eigenvalue weighted by Crippen LogP contribution is -2.24. The van der Waals surface area contributed by atoms with Crippen molar-refractivity contribution in [3.63, 3.8) is 0 Å². The number of hydrogen-bond acceptors (Lipinski definition) is 5. The van der Waals surface area contributed by atoms with E-state index in [1.807, 2.05) is 0 Å². The Morgan fingerprint density at radius 2 is 1.65 bits per heavy atom. The predicted molar refractivity (Wildman–Crippen MR) is 73.7 cm³/mol. The molecule has 2 aromatic rings. The van der Waals surface area contributed by atoms with Gasteiger partial charge in [0.15, 0.2) is 6.29 Å². The molecule has 1 aromatic carbocycles. The number of aromatic nitrogens is 2.